The molecule has 2 aromatic rings. The molecule has 0 N–H and O–H groups in total. The van der Waals surface area contributed by atoms with Crippen molar-refractivity contribution in [2.75, 3.05) is 38.1 Å². The second-order valence-electron chi connectivity index (χ2n) is 8.59. The minimum atomic E-state index is -0.00860. The highest BCUT2D eigenvalue weighted by Gasteiger charge is 2.33. The van der Waals surface area contributed by atoms with Gasteiger partial charge in [0.15, 0.2) is 5.82 Å². The summed E-state index contributed by atoms with van der Waals surface area (Å²) in [7, 11) is 2.13. The number of fused-ring (bicyclic) bond motifs is 1. The number of likely N-dealkylation sites (tertiary alicyclic amines) is 1. The zero-order valence-corrected chi connectivity index (χ0v) is 17.2. The van der Waals surface area contributed by atoms with E-state index in [9.17, 15) is 4.79 Å². The van der Waals surface area contributed by atoms with Crippen LogP contribution in [-0.4, -0.2) is 58.9 Å². The van der Waals surface area contributed by atoms with Crippen molar-refractivity contribution in [3.8, 4) is 0 Å². The largest absolute Gasteiger partial charge is 0.372 e. The molecular weight excluding hydrogens is 362 g/mol. The summed E-state index contributed by atoms with van der Waals surface area (Å²) in [4.78, 5) is 29.5. The van der Waals surface area contributed by atoms with Crippen molar-refractivity contribution in [1.29, 1.82) is 0 Å². The van der Waals surface area contributed by atoms with Crippen LogP contribution in [-0.2, 0) is 13.0 Å². The molecule has 2 saturated heterocycles. The molecule has 0 aliphatic carbocycles. The van der Waals surface area contributed by atoms with E-state index in [4.69, 9.17) is 4.98 Å². The minimum absolute atomic E-state index is 0.00860. The molecule has 29 heavy (non-hydrogen) atoms. The molecule has 3 aliphatic heterocycles. The highest BCUT2D eigenvalue weighted by molar-refractivity contribution is 5.95. The molecule has 5 rings (SSSR count). The van der Waals surface area contributed by atoms with Crippen LogP contribution in [0.15, 0.2) is 30.5 Å². The number of rotatable bonds is 3. The number of amides is 1. The van der Waals surface area contributed by atoms with Gasteiger partial charge in [-0.25, -0.2) is 9.97 Å². The molecule has 1 aromatic carbocycles. The van der Waals surface area contributed by atoms with Gasteiger partial charge < -0.3 is 14.7 Å². The number of anilines is 1. The van der Waals surface area contributed by atoms with Crippen molar-refractivity contribution < 1.29 is 4.79 Å². The predicted octanol–water partition coefficient (Wildman–Crippen LogP) is 3.04. The monoisotopic (exact) mass is 391 g/mol. The van der Waals surface area contributed by atoms with Gasteiger partial charge in [0, 0.05) is 67.8 Å². The van der Waals surface area contributed by atoms with Gasteiger partial charge in [0.2, 0.25) is 0 Å². The zero-order valence-electron chi connectivity index (χ0n) is 17.2. The van der Waals surface area contributed by atoms with E-state index in [2.05, 4.69) is 34.0 Å². The first-order valence-corrected chi connectivity index (χ1v) is 10.9. The molecule has 0 spiro atoms. The maximum absolute atomic E-state index is 13.2. The van der Waals surface area contributed by atoms with Gasteiger partial charge in [-0.2, -0.15) is 0 Å². The molecule has 1 amide bonds. The molecule has 1 atom stereocenters. The lowest BCUT2D eigenvalue weighted by Gasteiger charge is -2.27. The third-order valence-corrected chi connectivity index (χ3v) is 6.54. The van der Waals surface area contributed by atoms with E-state index >= 15 is 0 Å². The van der Waals surface area contributed by atoms with E-state index in [0.717, 1.165) is 69.1 Å². The molecule has 0 unspecified atom stereocenters. The van der Waals surface area contributed by atoms with Crippen LogP contribution in [0.1, 0.15) is 59.2 Å². The van der Waals surface area contributed by atoms with Gasteiger partial charge in [-0.15, -0.1) is 0 Å². The van der Waals surface area contributed by atoms with Crippen molar-refractivity contribution in [2.45, 2.75) is 44.7 Å². The second kappa shape index (κ2) is 7.75. The average molecular weight is 392 g/mol. The Morgan fingerprint density at radius 2 is 1.83 bits per heavy atom. The van der Waals surface area contributed by atoms with E-state index in [-0.39, 0.29) is 11.9 Å². The molecule has 0 radical (unpaired) electrons. The highest BCUT2D eigenvalue weighted by atomic mass is 16.2. The van der Waals surface area contributed by atoms with E-state index in [1.165, 1.54) is 24.1 Å². The van der Waals surface area contributed by atoms with Crippen molar-refractivity contribution >= 4 is 11.6 Å². The van der Waals surface area contributed by atoms with Gasteiger partial charge in [0.05, 0.1) is 6.04 Å². The number of aromatic nitrogens is 2. The number of hydrogen-bond donors (Lipinski definition) is 0. The summed E-state index contributed by atoms with van der Waals surface area (Å²) < 4.78 is 0. The van der Waals surface area contributed by atoms with E-state index < -0.39 is 0 Å². The lowest BCUT2D eigenvalue weighted by Crippen LogP contribution is -2.33. The maximum Gasteiger partial charge on any atom is 0.254 e. The highest BCUT2D eigenvalue weighted by Crippen LogP contribution is 2.32. The molecule has 2 fully saturated rings. The predicted molar refractivity (Wildman–Crippen MR) is 113 cm³/mol. The van der Waals surface area contributed by atoms with E-state index in [1.807, 2.05) is 23.2 Å². The number of carbonyl (C=O) groups is 1. The van der Waals surface area contributed by atoms with Gasteiger partial charge in [0.1, 0.15) is 0 Å². The molecule has 4 heterocycles. The van der Waals surface area contributed by atoms with Crippen molar-refractivity contribution in [2.24, 2.45) is 0 Å². The van der Waals surface area contributed by atoms with Crippen LogP contribution in [0.4, 0.5) is 5.69 Å². The molecular formula is C23H29N5O. The normalized spacial score (nSPS) is 22.2. The third kappa shape index (κ3) is 3.62. The number of likely N-dealkylation sites (N-methyl/N-ethyl adjacent to an activating group) is 1. The summed E-state index contributed by atoms with van der Waals surface area (Å²) in [5, 5.41) is 0. The van der Waals surface area contributed by atoms with E-state index in [1.54, 1.807) is 0 Å². The standard InChI is InChI=1S/C23H29N5O/c1-26-14-10-20-18(16-26)15-24-22(25-20)21-5-4-13-28(21)23(29)17-6-8-19(9-7-17)27-11-2-3-12-27/h6-9,15,21H,2-5,10-14,16H2,1H3/t21-/m0/s1. The number of carbonyl (C=O) groups excluding carboxylic acids is 1. The van der Waals surface area contributed by atoms with Crippen LogP contribution in [0, 0.1) is 0 Å². The Bertz CT molecular complexity index is 891. The van der Waals surface area contributed by atoms with Crippen LogP contribution < -0.4 is 4.90 Å². The van der Waals surface area contributed by atoms with Gasteiger partial charge in [-0.1, -0.05) is 0 Å². The van der Waals surface area contributed by atoms with Crippen LogP contribution >= 0.6 is 0 Å². The van der Waals surface area contributed by atoms with Gasteiger partial charge in [0.25, 0.3) is 5.91 Å². The summed E-state index contributed by atoms with van der Waals surface area (Å²) >= 11 is 0. The van der Waals surface area contributed by atoms with Crippen molar-refractivity contribution in [3.63, 3.8) is 0 Å². The molecule has 1 aromatic heterocycles. The molecule has 6 heteroatoms. The van der Waals surface area contributed by atoms with E-state index in [0.29, 0.717) is 0 Å². The molecule has 152 valence electrons. The molecule has 6 nitrogen and oxygen atoms in total. The lowest BCUT2D eigenvalue weighted by molar-refractivity contribution is 0.0729. The van der Waals surface area contributed by atoms with Gasteiger partial charge >= 0.3 is 0 Å². The van der Waals surface area contributed by atoms with Crippen molar-refractivity contribution in [3.05, 3.63) is 53.1 Å². The van der Waals surface area contributed by atoms with Gasteiger partial charge in [-0.3, -0.25) is 4.79 Å². The third-order valence-electron chi connectivity index (χ3n) is 6.54. The topological polar surface area (TPSA) is 52.6 Å². The van der Waals surface area contributed by atoms with Crippen LogP contribution in [0.3, 0.4) is 0 Å². The molecule has 0 saturated carbocycles. The van der Waals surface area contributed by atoms with Crippen LogP contribution in [0.2, 0.25) is 0 Å². The summed E-state index contributed by atoms with van der Waals surface area (Å²) in [5.74, 6) is 0.911. The lowest BCUT2D eigenvalue weighted by atomic mass is 10.1. The Morgan fingerprint density at radius 1 is 1.03 bits per heavy atom. The molecule has 0 bridgehead atoms. The minimum Gasteiger partial charge on any atom is -0.372 e. The molecule has 3 aliphatic rings. The Kier molecular flexibility index (Phi) is 4.96. The number of hydrogen-bond acceptors (Lipinski definition) is 5. The summed E-state index contributed by atoms with van der Waals surface area (Å²) in [6, 6.07) is 8.14. The fourth-order valence-electron chi connectivity index (χ4n) is 4.87. The quantitative estimate of drug-likeness (QED) is 0.805. The fourth-order valence-corrected chi connectivity index (χ4v) is 4.87. The summed E-state index contributed by atoms with van der Waals surface area (Å²) in [6.07, 6.45) is 7.39. The zero-order chi connectivity index (χ0) is 19.8. The SMILES string of the molecule is CN1CCc2nc([C@@H]3CCCN3C(=O)c3ccc(N4CCCC4)cc3)ncc2C1. The van der Waals surface area contributed by atoms with Crippen molar-refractivity contribution in [1.82, 2.24) is 19.8 Å². The Labute approximate surface area is 172 Å². The first-order chi connectivity index (χ1) is 14.2. The second-order valence-corrected chi connectivity index (χ2v) is 8.59. The van der Waals surface area contributed by atoms with Crippen LogP contribution in [0.25, 0.3) is 0 Å². The fraction of sp³-hybridized carbons (Fsp3) is 0.522. The Balaban J connectivity index is 1.34. The Morgan fingerprint density at radius 3 is 2.62 bits per heavy atom. The maximum atomic E-state index is 13.2. The average Bonchev–Trinajstić information content (AvgIpc) is 3.45. The summed E-state index contributed by atoms with van der Waals surface area (Å²) in [5.41, 5.74) is 4.36. The number of benzene rings is 1. The van der Waals surface area contributed by atoms with Crippen LogP contribution in [0.5, 0.6) is 0 Å². The first kappa shape index (κ1) is 18.6. The van der Waals surface area contributed by atoms with Gasteiger partial charge in [-0.05, 0) is 57.0 Å². The number of nitrogens with zero attached hydrogens (tertiary/aromatic N) is 5. The summed E-state index contributed by atoms with van der Waals surface area (Å²) in [6.45, 7) is 4.95. The first-order valence-electron chi connectivity index (χ1n) is 10.9. The smallest absolute Gasteiger partial charge is 0.254 e. The Hall–Kier alpha value is -2.47.